The number of anilines is 1. The number of para-hydroxylation sites is 1. The minimum Gasteiger partial charge on any atom is -0.330 e. The van der Waals surface area contributed by atoms with E-state index in [4.69, 9.17) is 29.8 Å². The van der Waals surface area contributed by atoms with E-state index in [1.165, 1.54) is 24.1 Å². The van der Waals surface area contributed by atoms with E-state index in [1.54, 1.807) is 6.07 Å². The van der Waals surface area contributed by atoms with Gasteiger partial charge in [-0.3, -0.25) is 24.1 Å². The summed E-state index contributed by atoms with van der Waals surface area (Å²) < 4.78 is 14.8. The number of nitrogens with zero attached hydrogens (tertiary/aromatic N) is 3. The molecule has 0 aliphatic carbocycles. The third-order valence-electron chi connectivity index (χ3n) is 6.91. The molecule has 1 N–H and O–H groups in total. The van der Waals surface area contributed by atoms with Crippen molar-refractivity contribution < 1.29 is 18.8 Å². The molecule has 0 saturated carbocycles. The molecule has 0 bridgehead atoms. The van der Waals surface area contributed by atoms with Crippen LogP contribution in [0.3, 0.4) is 0 Å². The Bertz CT molecular complexity index is 1290. The minimum absolute atomic E-state index is 0.00460. The van der Waals surface area contributed by atoms with Gasteiger partial charge in [0.15, 0.2) is 5.82 Å². The van der Waals surface area contributed by atoms with Crippen molar-refractivity contribution in [2.24, 2.45) is 5.92 Å². The van der Waals surface area contributed by atoms with Crippen molar-refractivity contribution >= 4 is 46.6 Å². The summed E-state index contributed by atoms with van der Waals surface area (Å²) in [4.78, 5) is 46.5. The Balaban J connectivity index is 1.69. The monoisotopic (exact) mass is 530 g/mol. The highest BCUT2D eigenvalue weighted by atomic mass is 35.5. The van der Waals surface area contributed by atoms with Gasteiger partial charge < -0.3 is 10.2 Å². The molecule has 10 heteroatoms. The van der Waals surface area contributed by atoms with Crippen LogP contribution in [0.2, 0.25) is 10.0 Å². The van der Waals surface area contributed by atoms with Crippen LogP contribution in [0.15, 0.2) is 36.4 Å². The number of carbonyl (C=O) groups excluding carboxylic acids is 3. The number of hydrogen-bond donors (Lipinski definition) is 1. The van der Waals surface area contributed by atoms with Crippen LogP contribution >= 0.6 is 23.2 Å². The van der Waals surface area contributed by atoms with Crippen LogP contribution < -0.4 is 5.32 Å². The zero-order valence-electron chi connectivity index (χ0n) is 20.0. The van der Waals surface area contributed by atoms with Gasteiger partial charge in [0, 0.05) is 19.3 Å². The summed E-state index contributed by atoms with van der Waals surface area (Å²) in [5.41, 5.74) is -0.0550. The maximum absolute atomic E-state index is 14.8. The highest BCUT2D eigenvalue weighted by Gasteiger charge is 2.59. The van der Waals surface area contributed by atoms with Crippen LogP contribution in [0, 0.1) is 18.3 Å². The lowest BCUT2D eigenvalue weighted by Gasteiger charge is -2.32. The molecule has 1 spiro atoms. The smallest absolute Gasteiger partial charge is 0.302 e. The van der Waals surface area contributed by atoms with Gasteiger partial charge in [-0.2, -0.15) is 0 Å². The van der Waals surface area contributed by atoms with Crippen LogP contribution in [-0.4, -0.2) is 53.3 Å². The Kier molecular flexibility index (Phi) is 7.00. The molecule has 2 aromatic rings. The number of benzene rings is 2. The van der Waals surface area contributed by atoms with E-state index in [0.29, 0.717) is 5.69 Å². The maximum Gasteiger partial charge on any atom is 0.302 e. The van der Waals surface area contributed by atoms with Crippen molar-refractivity contribution in [1.82, 2.24) is 9.80 Å². The van der Waals surface area contributed by atoms with Gasteiger partial charge in [0.05, 0.1) is 22.0 Å². The van der Waals surface area contributed by atoms with Crippen LogP contribution in [0.4, 0.5) is 10.1 Å². The molecule has 0 aromatic heterocycles. The van der Waals surface area contributed by atoms with E-state index in [9.17, 15) is 18.8 Å². The lowest BCUT2D eigenvalue weighted by Crippen LogP contribution is -2.51. The molecule has 3 amide bonds. The molecule has 2 aliphatic heterocycles. The predicted molar refractivity (Wildman–Crippen MR) is 135 cm³/mol. The normalized spacial score (nSPS) is 21.3. The predicted octanol–water partition coefficient (Wildman–Crippen LogP) is 4.99. The average molecular weight is 531 g/mol. The Hall–Kier alpha value is -3.15. The molecule has 0 radical (unpaired) electrons. The number of rotatable bonds is 5. The molecule has 36 heavy (non-hydrogen) atoms. The fraction of sp³-hybridized carbons (Fsp3) is 0.385. The largest absolute Gasteiger partial charge is 0.330 e. The molecule has 0 unspecified atom stereocenters. The summed E-state index contributed by atoms with van der Waals surface area (Å²) in [6.07, 6.45) is -0.483. The molecule has 3 atom stereocenters. The van der Waals surface area contributed by atoms with Gasteiger partial charge in [-0.05, 0) is 36.1 Å². The van der Waals surface area contributed by atoms with Gasteiger partial charge in [-0.15, -0.1) is 0 Å². The second-order valence-corrected chi connectivity index (χ2v) is 10.5. The topological polar surface area (TPSA) is 74.1 Å². The zero-order valence-corrected chi connectivity index (χ0v) is 21.5. The van der Waals surface area contributed by atoms with Crippen molar-refractivity contribution in [3.05, 3.63) is 74.8 Å². The molecular formula is C26H25Cl2FN4O3. The second-order valence-electron chi connectivity index (χ2n) is 9.64. The summed E-state index contributed by atoms with van der Waals surface area (Å²) >= 11 is 12.0. The Labute approximate surface area is 219 Å². The fourth-order valence-corrected chi connectivity index (χ4v) is 5.44. The molecule has 1 fully saturated rings. The van der Waals surface area contributed by atoms with Crippen molar-refractivity contribution in [1.29, 1.82) is 0 Å². The number of nitrogens with one attached hydrogen (secondary N) is 1. The first-order chi connectivity index (χ1) is 17.0. The van der Waals surface area contributed by atoms with E-state index in [-0.39, 0.29) is 41.3 Å². The molecule has 2 aromatic carbocycles. The van der Waals surface area contributed by atoms with Crippen LogP contribution in [0.25, 0.3) is 4.85 Å². The van der Waals surface area contributed by atoms with Gasteiger partial charge in [0.2, 0.25) is 5.91 Å². The number of carbonyl (C=O) groups is 3. The number of hydrogen-bond acceptors (Lipinski definition) is 3. The van der Waals surface area contributed by atoms with E-state index < -0.39 is 40.8 Å². The van der Waals surface area contributed by atoms with Crippen LogP contribution in [-0.2, 0) is 15.0 Å². The van der Waals surface area contributed by atoms with Crippen LogP contribution in [0.1, 0.15) is 42.6 Å². The number of likely N-dealkylation sites (tertiary alicyclic amines) is 1. The first kappa shape index (κ1) is 25.9. The van der Waals surface area contributed by atoms with Crippen molar-refractivity contribution in [3.63, 3.8) is 0 Å². The molecule has 2 heterocycles. The van der Waals surface area contributed by atoms with Gasteiger partial charge in [-0.1, -0.05) is 55.2 Å². The number of amides is 3. The summed E-state index contributed by atoms with van der Waals surface area (Å²) in [6.45, 7) is 11.5. The lowest BCUT2D eigenvalue weighted by molar-refractivity contribution is -0.136. The molecular weight excluding hydrogens is 506 g/mol. The quantitative estimate of drug-likeness (QED) is 0.437. The van der Waals surface area contributed by atoms with Gasteiger partial charge in [0.25, 0.3) is 11.8 Å². The maximum atomic E-state index is 14.8. The minimum atomic E-state index is -1.05. The van der Waals surface area contributed by atoms with E-state index in [2.05, 4.69) is 10.2 Å². The third kappa shape index (κ3) is 4.21. The van der Waals surface area contributed by atoms with Gasteiger partial charge >= 0.3 is 6.17 Å². The van der Waals surface area contributed by atoms with E-state index in [1.807, 2.05) is 32.0 Å². The van der Waals surface area contributed by atoms with E-state index >= 15 is 0 Å². The number of fused-ring (bicyclic) bond motifs is 2. The summed E-state index contributed by atoms with van der Waals surface area (Å²) in [6, 6.07) is 8.80. The molecule has 2 aliphatic rings. The lowest BCUT2D eigenvalue weighted by atomic mass is 9.80. The first-order valence-corrected chi connectivity index (χ1v) is 12.3. The van der Waals surface area contributed by atoms with Crippen LogP contribution in [0.5, 0.6) is 0 Å². The van der Waals surface area contributed by atoms with Gasteiger partial charge in [-0.25, -0.2) is 11.0 Å². The Morgan fingerprint density at radius 2 is 1.92 bits per heavy atom. The highest BCUT2D eigenvalue weighted by Crippen LogP contribution is 2.47. The second kappa shape index (κ2) is 9.72. The SMILES string of the molecule is [C-]#[N+][C@@H]1C[C@@]2(CN1C(=O)[C@H](CC(C)C)N(C)C(=O)c1c(Cl)ccc(Cl)c1F)C(=O)Nc1ccccc12. The molecule has 4 rings (SSSR count). The molecule has 7 nitrogen and oxygen atoms in total. The van der Waals surface area contributed by atoms with Crippen molar-refractivity contribution in [2.45, 2.75) is 44.3 Å². The first-order valence-electron chi connectivity index (χ1n) is 11.5. The number of halogens is 3. The fourth-order valence-electron chi connectivity index (χ4n) is 5.06. The highest BCUT2D eigenvalue weighted by molar-refractivity contribution is 6.36. The molecule has 188 valence electrons. The van der Waals surface area contributed by atoms with Crippen molar-refractivity contribution in [3.8, 4) is 0 Å². The third-order valence-corrected chi connectivity index (χ3v) is 7.52. The Morgan fingerprint density at radius 1 is 1.25 bits per heavy atom. The number of likely N-dealkylation sites (N-methyl/N-ethyl adjacent to an activating group) is 1. The standard InChI is InChI=1S/C26H25Cl2FN4O3/c1-14(2)11-19(32(4)24(35)21-16(27)9-10-17(28)22(21)29)23(34)33-13-26(12-20(33)30-3)15-7-5-6-8-18(15)31-25(26)36/h5-10,14,19-20H,11-13H2,1-2,4H3,(H,31,36)/t19-,20-,26-/m0/s1. The summed E-state index contributed by atoms with van der Waals surface area (Å²) in [7, 11) is 1.40. The summed E-state index contributed by atoms with van der Waals surface area (Å²) in [5, 5.41) is 2.48. The average Bonchev–Trinajstić information content (AvgIpc) is 3.37. The van der Waals surface area contributed by atoms with Crippen molar-refractivity contribution in [2.75, 3.05) is 18.9 Å². The summed E-state index contributed by atoms with van der Waals surface area (Å²) in [5.74, 6) is -2.50. The molecule has 1 saturated heterocycles. The van der Waals surface area contributed by atoms with E-state index in [0.717, 1.165) is 10.5 Å². The Morgan fingerprint density at radius 3 is 2.58 bits per heavy atom. The van der Waals surface area contributed by atoms with Gasteiger partial charge in [0.1, 0.15) is 11.5 Å². The zero-order chi connectivity index (χ0) is 26.4.